The van der Waals surface area contributed by atoms with E-state index < -0.39 is 7.37 Å². The number of benzene rings is 1. The molecule has 0 heterocycles. The highest BCUT2D eigenvalue weighted by Crippen LogP contribution is 2.49. The number of para-hydroxylation sites is 1. The predicted octanol–water partition coefficient (Wildman–Crippen LogP) is 15.4. The molecule has 0 aromatic heterocycles. The van der Waals surface area contributed by atoms with Crippen molar-refractivity contribution >= 4 is 7.37 Å². The molecule has 1 aromatic rings. The number of allylic oxidation sites excluding steroid dienone is 4. The second-order valence-electron chi connectivity index (χ2n) is 13.5. The molecule has 2 nitrogen and oxygen atoms in total. The average Bonchev–Trinajstić information content (AvgIpc) is 3.05. The fourth-order valence-electron chi connectivity index (χ4n) is 6.08. The summed E-state index contributed by atoms with van der Waals surface area (Å²) >= 11 is 0. The van der Waals surface area contributed by atoms with Gasteiger partial charge in [-0.2, -0.15) is 0 Å². The van der Waals surface area contributed by atoms with E-state index in [0.29, 0.717) is 0 Å². The van der Waals surface area contributed by atoms with Gasteiger partial charge in [0, 0.05) is 12.3 Å². The van der Waals surface area contributed by atoms with Crippen molar-refractivity contribution in [1.82, 2.24) is 0 Å². The standard InChI is InChI=1S/C42H75O2P/c1-3-5-7-9-11-13-15-17-19-21-23-25-27-29-31-36-40-45(43,44-42-38-34-33-35-39-42)41-37-32-30-28-26-24-22-20-18-16-14-12-10-8-6-4-2/h17-20,33-35,38-39H,3-16,21-32,36-37,40-41H2,1-2H3/b19-17-,20-18-. The lowest BCUT2D eigenvalue weighted by atomic mass is 10.1. The summed E-state index contributed by atoms with van der Waals surface area (Å²) in [6.07, 6.45) is 47.4. The van der Waals surface area contributed by atoms with Crippen molar-refractivity contribution < 1.29 is 9.09 Å². The Labute approximate surface area is 282 Å². The van der Waals surface area contributed by atoms with Crippen molar-refractivity contribution in [1.29, 1.82) is 0 Å². The molecule has 0 aliphatic rings. The summed E-state index contributed by atoms with van der Waals surface area (Å²) in [6.45, 7) is 4.57. The smallest absolute Gasteiger partial charge is 0.247 e. The second-order valence-corrected chi connectivity index (χ2v) is 16.2. The van der Waals surface area contributed by atoms with Gasteiger partial charge in [0.05, 0.1) is 0 Å². The first-order valence-corrected chi connectivity index (χ1v) is 21.8. The number of hydrogen-bond donors (Lipinski definition) is 0. The highest BCUT2D eigenvalue weighted by molar-refractivity contribution is 7.59. The van der Waals surface area contributed by atoms with Crippen LogP contribution in [0.25, 0.3) is 0 Å². The highest BCUT2D eigenvalue weighted by Gasteiger charge is 2.23. The normalized spacial score (nSPS) is 12.1. The van der Waals surface area contributed by atoms with Gasteiger partial charge in [0.1, 0.15) is 5.75 Å². The summed E-state index contributed by atoms with van der Waals surface area (Å²) in [5.74, 6) is 0.773. The van der Waals surface area contributed by atoms with Crippen LogP contribution in [0, 0.1) is 0 Å². The van der Waals surface area contributed by atoms with Crippen molar-refractivity contribution in [3.8, 4) is 5.75 Å². The Kier molecular flexibility index (Phi) is 30.3. The van der Waals surface area contributed by atoms with Crippen LogP contribution in [0.2, 0.25) is 0 Å². The molecule has 0 spiro atoms. The molecule has 0 amide bonds. The SMILES string of the molecule is CCCCCCCC/C=C\CCCCCCCCP(=O)(CCCCCCCC/C=C\CCCCCCCC)Oc1ccccc1. The maximum absolute atomic E-state index is 13.8. The molecule has 0 atom stereocenters. The largest absolute Gasteiger partial charge is 0.443 e. The van der Waals surface area contributed by atoms with Crippen LogP contribution in [-0.4, -0.2) is 12.3 Å². The van der Waals surface area contributed by atoms with Crippen LogP contribution in [0.4, 0.5) is 0 Å². The Hall–Kier alpha value is -1.27. The monoisotopic (exact) mass is 643 g/mol. The molecular formula is C42H75O2P. The Bertz CT molecular complexity index is 784. The van der Waals surface area contributed by atoms with Crippen LogP contribution >= 0.6 is 7.37 Å². The Morgan fingerprint density at radius 1 is 0.444 bits per heavy atom. The van der Waals surface area contributed by atoms with Gasteiger partial charge in [-0.05, 0) is 76.3 Å². The molecule has 0 aliphatic heterocycles. The molecule has 260 valence electrons. The quantitative estimate of drug-likeness (QED) is 0.0425. The molecule has 0 fully saturated rings. The second kappa shape index (κ2) is 32.7. The van der Waals surface area contributed by atoms with E-state index in [2.05, 4.69) is 38.2 Å². The molecule has 45 heavy (non-hydrogen) atoms. The summed E-state index contributed by atoms with van der Waals surface area (Å²) in [4.78, 5) is 0. The van der Waals surface area contributed by atoms with Gasteiger partial charge >= 0.3 is 0 Å². The first kappa shape index (κ1) is 41.8. The molecule has 1 rings (SSSR count). The summed E-state index contributed by atoms with van der Waals surface area (Å²) < 4.78 is 20.0. The van der Waals surface area contributed by atoms with Gasteiger partial charge in [-0.25, -0.2) is 0 Å². The van der Waals surface area contributed by atoms with Crippen LogP contribution in [0.5, 0.6) is 5.75 Å². The van der Waals surface area contributed by atoms with E-state index in [1.54, 1.807) is 0 Å². The highest BCUT2D eigenvalue weighted by atomic mass is 31.2. The molecule has 0 radical (unpaired) electrons. The van der Waals surface area contributed by atoms with Crippen LogP contribution in [-0.2, 0) is 4.57 Å². The predicted molar refractivity (Wildman–Crippen MR) is 203 cm³/mol. The average molecular weight is 643 g/mol. The van der Waals surface area contributed by atoms with Gasteiger partial charge in [-0.15, -0.1) is 0 Å². The van der Waals surface area contributed by atoms with Crippen LogP contribution in [0.1, 0.15) is 194 Å². The summed E-state index contributed by atoms with van der Waals surface area (Å²) in [7, 11) is -2.64. The molecule has 0 N–H and O–H groups in total. The van der Waals surface area contributed by atoms with Crippen LogP contribution in [0.3, 0.4) is 0 Å². The molecule has 0 bridgehead atoms. The minimum atomic E-state index is -2.64. The fraction of sp³-hybridized carbons (Fsp3) is 0.762. The third-order valence-electron chi connectivity index (χ3n) is 9.04. The Morgan fingerprint density at radius 2 is 0.756 bits per heavy atom. The molecular weight excluding hydrogens is 567 g/mol. The molecule has 0 unspecified atom stereocenters. The maximum atomic E-state index is 13.8. The van der Waals surface area contributed by atoms with Crippen molar-refractivity contribution in [3.05, 3.63) is 54.6 Å². The van der Waals surface area contributed by atoms with E-state index in [-0.39, 0.29) is 0 Å². The Balaban J connectivity index is 2.11. The van der Waals surface area contributed by atoms with Crippen LogP contribution < -0.4 is 4.52 Å². The molecule has 0 saturated heterocycles. The van der Waals surface area contributed by atoms with Crippen molar-refractivity contribution in [2.75, 3.05) is 12.3 Å². The minimum Gasteiger partial charge on any atom is -0.443 e. The lowest BCUT2D eigenvalue weighted by Gasteiger charge is -2.20. The van der Waals surface area contributed by atoms with Gasteiger partial charge in [-0.1, -0.05) is 172 Å². The summed E-state index contributed by atoms with van der Waals surface area (Å²) in [5.41, 5.74) is 0. The third kappa shape index (κ3) is 28.7. The maximum Gasteiger partial charge on any atom is 0.247 e. The van der Waals surface area contributed by atoms with Gasteiger partial charge in [0.2, 0.25) is 7.37 Å². The van der Waals surface area contributed by atoms with Gasteiger partial charge < -0.3 is 4.52 Å². The topological polar surface area (TPSA) is 26.3 Å². The minimum absolute atomic E-state index is 0.730. The molecule has 0 saturated carbocycles. The Morgan fingerprint density at radius 3 is 1.11 bits per heavy atom. The number of unbranched alkanes of at least 4 members (excludes halogenated alkanes) is 24. The lowest BCUT2D eigenvalue weighted by molar-refractivity contribution is 0.472. The molecule has 3 heteroatoms. The van der Waals surface area contributed by atoms with Crippen molar-refractivity contribution in [2.24, 2.45) is 0 Å². The molecule has 0 aliphatic carbocycles. The van der Waals surface area contributed by atoms with E-state index in [9.17, 15) is 4.57 Å². The van der Waals surface area contributed by atoms with Gasteiger partial charge in [0.25, 0.3) is 0 Å². The van der Waals surface area contributed by atoms with E-state index in [1.165, 1.54) is 167 Å². The van der Waals surface area contributed by atoms with Gasteiger partial charge in [0.15, 0.2) is 0 Å². The van der Waals surface area contributed by atoms with Crippen molar-refractivity contribution in [3.63, 3.8) is 0 Å². The number of hydrogen-bond acceptors (Lipinski definition) is 2. The first-order valence-electron chi connectivity index (χ1n) is 19.8. The van der Waals surface area contributed by atoms with Crippen molar-refractivity contribution in [2.45, 2.75) is 194 Å². The van der Waals surface area contributed by atoms with Gasteiger partial charge in [-0.3, -0.25) is 4.57 Å². The zero-order valence-electron chi connectivity index (χ0n) is 30.2. The number of rotatable bonds is 34. The third-order valence-corrected chi connectivity index (χ3v) is 11.6. The molecule has 1 aromatic carbocycles. The summed E-state index contributed by atoms with van der Waals surface area (Å²) in [5, 5.41) is 0. The lowest BCUT2D eigenvalue weighted by Crippen LogP contribution is -2.03. The zero-order chi connectivity index (χ0) is 32.4. The summed E-state index contributed by atoms with van der Waals surface area (Å²) in [6, 6.07) is 9.86. The fourth-order valence-corrected chi connectivity index (χ4v) is 8.40. The first-order chi connectivity index (χ1) is 22.2. The van der Waals surface area contributed by atoms with E-state index in [4.69, 9.17) is 4.52 Å². The van der Waals surface area contributed by atoms with Crippen LogP contribution in [0.15, 0.2) is 54.6 Å². The van der Waals surface area contributed by atoms with E-state index >= 15 is 0 Å². The zero-order valence-corrected chi connectivity index (χ0v) is 31.1. The van der Waals surface area contributed by atoms with E-state index in [0.717, 1.165) is 30.9 Å². The van der Waals surface area contributed by atoms with E-state index in [1.807, 2.05) is 30.3 Å².